The van der Waals surface area contributed by atoms with E-state index in [0.29, 0.717) is 18.8 Å². The molecule has 5 nitrogen and oxygen atoms in total. The molecule has 92 valence electrons. The van der Waals surface area contributed by atoms with E-state index in [0.717, 1.165) is 11.1 Å². The largest absolute Gasteiger partial charge is 0.771 e. The Bertz CT molecular complexity index is 475. The molecule has 0 aromatic heterocycles. The van der Waals surface area contributed by atoms with Gasteiger partial charge < -0.3 is 9.29 Å². The molecule has 1 aromatic carbocycles. The number of hydrogen-bond acceptors (Lipinski definition) is 5. The lowest BCUT2D eigenvalue weighted by Gasteiger charge is -2.16. The number of rotatable bonds is 3. The summed E-state index contributed by atoms with van der Waals surface area (Å²) in [6, 6.07) is 5.43. The molecule has 0 fully saturated rings. The normalized spacial score (nSPS) is 16.6. The van der Waals surface area contributed by atoms with Crippen molar-refractivity contribution in [3.63, 3.8) is 0 Å². The Morgan fingerprint density at radius 2 is 2.29 bits per heavy atom. The fraction of sp³-hybridized carbons (Fsp3) is 0.364. The van der Waals surface area contributed by atoms with Gasteiger partial charge in [0.25, 0.3) is 0 Å². The van der Waals surface area contributed by atoms with Gasteiger partial charge in [0.1, 0.15) is 5.75 Å². The minimum Gasteiger partial charge on any atom is -0.771 e. The van der Waals surface area contributed by atoms with Crippen molar-refractivity contribution in [2.75, 3.05) is 5.88 Å². The molecule has 0 saturated heterocycles. The molecule has 0 aliphatic carbocycles. The number of carbonyl (C=O) groups is 1. The third-order valence-electron chi connectivity index (χ3n) is 2.55. The van der Waals surface area contributed by atoms with Crippen LogP contribution in [0.3, 0.4) is 0 Å². The third-order valence-corrected chi connectivity index (χ3v) is 3.12. The van der Waals surface area contributed by atoms with Gasteiger partial charge in [-0.15, -0.1) is 0 Å². The second-order valence-corrected chi connectivity index (χ2v) is 4.77. The molecule has 0 spiro atoms. The number of nitrogens with zero attached hydrogens (tertiary/aromatic N) is 1. The van der Waals surface area contributed by atoms with Gasteiger partial charge in [-0.25, -0.2) is 0 Å². The summed E-state index contributed by atoms with van der Waals surface area (Å²) in [5.74, 6) is 0.146. The first kappa shape index (κ1) is 12.2. The number of ether oxygens (including phenoxy) is 1. The summed E-state index contributed by atoms with van der Waals surface area (Å²) >= 11 is -2.09. The zero-order chi connectivity index (χ0) is 12.4. The van der Waals surface area contributed by atoms with Gasteiger partial charge >= 0.3 is 5.97 Å². The third kappa shape index (κ3) is 2.91. The van der Waals surface area contributed by atoms with Gasteiger partial charge in [-0.1, -0.05) is 12.1 Å². The molecule has 17 heavy (non-hydrogen) atoms. The van der Waals surface area contributed by atoms with Crippen LogP contribution in [-0.4, -0.2) is 25.5 Å². The zero-order valence-electron chi connectivity index (χ0n) is 9.34. The SMILES string of the molecule is CC(=O)Oc1cccc2c1CN(CS(=O)[O-])C2. The maximum atomic E-state index is 10.9. The van der Waals surface area contributed by atoms with Crippen LogP contribution in [0.25, 0.3) is 0 Å². The van der Waals surface area contributed by atoms with E-state index in [-0.39, 0.29) is 11.8 Å². The molecule has 0 bridgehead atoms. The quantitative estimate of drug-likeness (QED) is 0.452. The van der Waals surface area contributed by atoms with Gasteiger partial charge in [0.15, 0.2) is 0 Å². The lowest BCUT2D eigenvalue weighted by molar-refractivity contribution is -0.131. The molecular weight excluding hydrogens is 242 g/mol. The van der Waals surface area contributed by atoms with Gasteiger partial charge in [-0.3, -0.25) is 13.9 Å². The van der Waals surface area contributed by atoms with Crippen molar-refractivity contribution in [2.45, 2.75) is 20.0 Å². The predicted octanol–water partition coefficient (Wildman–Crippen LogP) is 0.764. The molecule has 0 amide bonds. The zero-order valence-corrected chi connectivity index (χ0v) is 10.2. The van der Waals surface area contributed by atoms with Gasteiger partial charge in [0.05, 0.1) is 5.88 Å². The Morgan fingerprint density at radius 3 is 2.94 bits per heavy atom. The smallest absolute Gasteiger partial charge is 0.308 e. The number of hydrogen-bond donors (Lipinski definition) is 0. The lowest BCUT2D eigenvalue weighted by Crippen LogP contribution is -2.21. The number of benzene rings is 1. The number of esters is 1. The van der Waals surface area contributed by atoms with Crippen LogP contribution in [0.15, 0.2) is 18.2 Å². The fourth-order valence-electron chi connectivity index (χ4n) is 1.95. The number of fused-ring (bicyclic) bond motifs is 1. The summed E-state index contributed by atoms with van der Waals surface area (Å²) in [4.78, 5) is 12.7. The van der Waals surface area contributed by atoms with E-state index in [2.05, 4.69) is 0 Å². The Hall–Kier alpha value is -1.24. The summed E-state index contributed by atoms with van der Waals surface area (Å²) in [6.45, 7) is 2.41. The first-order valence-electron chi connectivity index (χ1n) is 5.13. The first-order valence-corrected chi connectivity index (χ1v) is 6.38. The van der Waals surface area contributed by atoms with E-state index < -0.39 is 11.1 Å². The van der Waals surface area contributed by atoms with Crippen LogP contribution < -0.4 is 4.74 Å². The van der Waals surface area contributed by atoms with Crippen LogP contribution in [0.4, 0.5) is 0 Å². The lowest BCUT2D eigenvalue weighted by atomic mass is 10.1. The predicted molar refractivity (Wildman–Crippen MR) is 60.8 cm³/mol. The second kappa shape index (κ2) is 4.95. The maximum absolute atomic E-state index is 10.9. The second-order valence-electron chi connectivity index (χ2n) is 3.91. The van der Waals surface area contributed by atoms with Gasteiger partial charge in [-0.05, 0) is 22.7 Å². The van der Waals surface area contributed by atoms with Crippen molar-refractivity contribution in [1.82, 2.24) is 4.90 Å². The van der Waals surface area contributed by atoms with Crippen molar-refractivity contribution in [1.29, 1.82) is 0 Å². The molecule has 1 aliphatic rings. The summed E-state index contributed by atoms with van der Waals surface area (Å²) in [7, 11) is 0. The Labute approximate surface area is 102 Å². The van der Waals surface area contributed by atoms with Crippen LogP contribution >= 0.6 is 0 Å². The van der Waals surface area contributed by atoms with Crippen molar-refractivity contribution >= 4 is 17.0 Å². The Kier molecular flexibility index (Phi) is 3.56. The van der Waals surface area contributed by atoms with E-state index in [9.17, 15) is 13.6 Å². The molecule has 1 heterocycles. The van der Waals surface area contributed by atoms with Crippen molar-refractivity contribution in [3.05, 3.63) is 29.3 Å². The van der Waals surface area contributed by atoms with E-state index in [1.807, 2.05) is 6.07 Å². The van der Waals surface area contributed by atoms with Gasteiger partial charge in [-0.2, -0.15) is 0 Å². The average molecular weight is 254 g/mol. The molecule has 1 aliphatic heterocycles. The average Bonchev–Trinajstić information content (AvgIpc) is 2.59. The molecule has 0 N–H and O–H groups in total. The minimum atomic E-state index is -2.09. The van der Waals surface area contributed by atoms with E-state index >= 15 is 0 Å². The first-order chi connectivity index (χ1) is 8.06. The Balaban J connectivity index is 2.19. The van der Waals surface area contributed by atoms with E-state index in [4.69, 9.17) is 4.74 Å². The highest BCUT2D eigenvalue weighted by Gasteiger charge is 2.22. The summed E-state index contributed by atoms with van der Waals surface area (Å²) < 4.78 is 26.4. The molecule has 1 atom stereocenters. The van der Waals surface area contributed by atoms with Crippen molar-refractivity contribution in [3.8, 4) is 5.75 Å². The monoisotopic (exact) mass is 254 g/mol. The van der Waals surface area contributed by atoms with Crippen LogP contribution in [0.5, 0.6) is 5.75 Å². The molecule has 2 rings (SSSR count). The van der Waals surface area contributed by atoms with Gasteiger partial charge in [0, 0.05) is 25.6 Å². The van der Waals surface area contributed by atoms with Crippen LogP contribution in [-0.2, 0) is 29.0 Å². The molecule has 1 unspecified atom stereocenters. The number of carbonyl (C=O) groups excluding carboxylic acids is 1. The summed E-state index contributed by atoms with van der Waals surface area (Å²) in [5.41, 5.74) is 1.90. The molecule has 0 radical (unpaired) electrons. The van der Waals surface area contributed by atoms with Crippen molar-refractivity contribution in [2.24, 2.45) is 0 Å². The van der Waals surface area contributed by atoms with E-state index in [1.54, 1.807) is 17.0 Å². The molecule has 0 saturated carbocycles. The van der Waals surface area contributed by atoms with Crippen LogP contribution in [0.2, 0.25) is 0 Å². The van der Waals surface area contributed by atoms with Crippen molar-refractivity contribution < 1.29 is 18.3 Å². The molecular formula is C11H12NO4S-. The fourth-order valence-corrected chi connectivity index (χ4v) is 2.43. The maximum Gasteiger partial charge on any atom is 0.308 e. The highest BCUT2D eigenvalue weighted by molar-refractivity contribution is 7.79. The topological polar surface area (TPSA) is 69.7 Å². The summed E-state index contributed by atoms with van der Waals surface area (Å²) in [5, 5.41) is 0. The highest BCUT2D eigenvalue weighted by atomic mass is 32.2. The Morgan fingerprint density at radius 1 is 1.53 bits per heavy atom. The molecule has 1 aromatic rings. The van der Waals surface area contributed by atoms with Crippen LogP contribution in [0, 0.1) is 0 Å². The standard InChI is InChI=1S/C11H13NO4S/c1-8(13)16-11-4-2-3-9-5-12(6-10(9)11)7-17(14)15/h2-4H,5-7H2,1H3,(H,14,15)/p-1. The summed E-state index contributed by atoms with van der Waals surface area (Å²) in [6.07, 6.45) is 0. The molecule has 6 heteroatoms. The van der Waals surface area contributed by atoms with E-state index in [1.165, 1.54) is 6.92 Å². The van der Waals surface area contributed by atoms with Gasteiger partial charge in [0.2, 0.25) is 0 Å². The minimum absolute atomic E-state index is 0.00576. The highest BCUT2D eigenvalue weighted by Crippen LogP contribution is 2.30. The van der Waals surface area contributed by atoms with Crippen LogP contribution in [0.1, 0.15) is 18.1 Å².